The lowest BCUT2D eigenvalue weighted by Gasteiger charge is -2.38. The number of halogens is 4. The van der Waals surface area contributed by atoms with Crippen molar-refractivity contribution in [2.45, 2.75) is 43.9 Å². The molecule has 1 aromatic heterocycles. The van der Waals surface area contributed by atoms with Crippen LogP contribution in [0.25, 0.3) is 15.7 Å². The van der Waals surface area contributed by atoms with Crippen LogP contribution in [0, 0.1) is 12.4 Å². The molecule has 2 aromatic carbocycles. The maximum Gasteiger partial charge on any atom is 0.417 e. The minimum Gasteiger partial charge on any atom is -0.496 e. The maximum atomic E-state index is 14.1. The number of methoxy groups -OCH3 is 1. The van der Waals surface area contributed by atoms with Crippen molar-refractivity contribution in [3.05, 3.63) is 71.0 Å². The summed E-state index contributed by atoms with van der Waals surface area (Å²) in [4.78, 5) is 6.25. The Labute approximate surface area is 177 Å². The van der Waals surface area contributed by atoms with E-state index in [9.17, 15) is 22.7 Å². The predicted octanol–water partition coefficient (Wildman–Crippen LogP) is 6.07. The number of ether oxygens (including phenoxy) is 1. The number of aromatic amines is 1. The van der Waals surface area contributed by atoms with Crippen molar-refractivity contribution in [3.8, 4) is 5.75 Å². The van der Waals surface area contributed by atoms with E-state index >= 15 is 0 Å². The van der Waals surface area contributed by atoms with Gasteiger partial charge in [-0.2, -0.15) is 13.2 Å². The van der Waals surface area contributed by atoms with Gasteiger partial charge in [-0.25, -0.2) is 9.24 Å². The van der Waals surface area contributed by atoms with Crippen LogP contribution in [0.2, 0.25) is 0 Å². The highest BCUT2D eigenvalue weighted by Gasteiger charge is 2.56. The van der Waals surface area contributed by atoms with Gasteiger partial charge in [0.05, 0.1) is 13.7 Å². The number of nitrogens with one attached hydrogen (secondary N) is 1. The first-order valence-electron chi connectivity index (χ1n) is 9.52. The van der Waals surface area contributed by atoms with Gasteiger partial charge < -0.3 is 14.8 Å². The van der Waals surface area contributed by atoms with Gasteiger partial charge in [-0.1, -0.05) is 38.1 Å². The third kappa shape index (κ3) is 4.23. The molecule has 31 heavy (non-hydrogen) atoms. The third-order valence-electron chi connectivity index (χ3n) is 5.49. The van der Waals surface area contributed by atoms with Crippen molar-refractivity contribution >= 4 is 16.6 Å². The molecule has 1 atom stereocenters. The zero-order valence-electron chi connectivity index (χ0n) is 17.3. The number of nitrogens with zero attached hydrogens (tertiary/aromatic N) is 1. The smallest absolute Gasteiger partial charge is 0.417 e. The van der Waals surface area contributed by atoms with Crippen LogP contribution in [0.4, 0.5) is 23.2 Å². The Bertz CT molecular complexity index is 1140. The highest BCUT2D eigenvalue weighted by atomic mass is 19.4. The van der Waals surface area contributed by atoms with Crippen LogP contribution < -0.4 is 4.74 Å². The molecule has 0 aliphatic heterocycles. The fourth-order valence-corrected chi connectivity index (χ4v) is 4.04. The summed E-state index contributed by atoms with van der Waals surface area (Å²) in [6.45, 7) is 10.5. The number of aromatic nitrogens is 1. The molecule has 0 bridgehead atoms. The summed E-state index contributed by atoms with van der Waals surface area (Å²) in [5, 5.41) is 11.4. The Morgan fingerprint density at radius 2 is 1.81 bits per heavy atom. The van der Waals surface area contributed by atoms with Crippen molar-refractivity contribution < 1.29 is 27.4 Å². The van der Waals surface area contributed by atoms with E-state index in [0.29, 0.717) is 16.5 Å². The number of benzene rings is 2. The summed E-state index contributed by atoms with van der Waals surface area (Å²) >= 11 is 0. The number of alkyl halides is 3. The highest BCUT2D eigenvalue weighted by molar-refractivity contribution is 5.94. The molecule has 0 aliphatic carbocycles. The number of H-pyrrole nitrogens is 1. The van der Waals surface area contributed by atoms with Crippen molar-refractivity contribution in [1.82, 2.24) is 4.98 Å². The van der Waals surface area contributed by atoms with Crippen LogP contribution >= 0.6 is 0 Å². The Hall–Kier alpha value is -3.05. The fraction of sp³-hybridized carbons (Fsp3) is 0.348. The SMILES string of the molecule is [C-]#[N+]c1c(CC(O)(CC(C)(C)c2ccc(F)cc2OC)C(F)(F)F)[nH]c2ccccc12. The minimum atomic E-state index is -4.98. The Morgan fingerprint density at radius 3 is 2.42 bits per heavy atom. The summed E-state index contributed by atoms with van der Waals surface area (Å²) in [6, 6.07) is 10.3. The second-order valence-electron chi connectivity index (χ2n) is 8.22. The van der Waals surface area contributed by atoms with Crippen molar-refractivity contribution in [2.24, 2.45) is 0 Å². The summed E-state index contributed by atoms with van der Waals surface area (Å²) in [5.74, 6) is -0.482. The summed E-state index contributed by atoms with van der Waals surface area (Å²) in [5.41, 5.74) is -3.45. The molecule has 0 fully saturated rings. The second kappa shape index (κ2) is 7.89. The van der Waals surface area contributed by atoms with Gasteiger partial charge in [0.2, 0.25) is 5.69 Å². The summed E-state index contributed by atoms with van der Waals surface area (Å²) in [7, 11) is 1.30. The minimum absolute atomic E-state index is 0.0119. The van der Waals surface area contributed by atoms with E-state index in [-0.39, 0.29) is 17.1 Å². The molecule has 0 saturated carbocycles. The zero-order valence-corrected chi connectivity index (χ0v) is 17.3. The van der Waals surface area contributed by atoms with Crippen LogP contribution in [0.5, 0.6) is 5.75 Å². The van der Waals surface area contributed by atoms with Gasteiger partial charge in [0, 0.05) is 34.6 Å². The Morgan fingerprint density at radius 1 is 1.13 bits per heavy atom. The normalized spacial score (nSPS) is 14.3. The molecular formula is C23H22F4N2O2. The van der Waals surface area contributed by atoms with E-state index in [1.54, 1.807) is 24.3 Å². The average molecular weight is 434 g/mol. The molecule has 1 unspecified atom stereocenters. The molecule has 3 aromatic rings. The quantitative estimate of drug-likeness (QED) is 0.365. The molecule has 1 heterocycles. The molecular weight excluding hydrogens is 412 g/mol. The number of hydrogen-bond acceptors (Lipinski definition) is 2. The molecule has 2 N–H and O–H groups in total. The molecule has 0 radical (unpaired) electrons. The number of fused-ring (bicyclic) bond motifs is 1. The van der Waals surface area contributed by atoms with Crippen LogP contribution in [0.3, 0.4) is 0 Å². The van der Waals surface area contributed by atoms with Gasteiger partial charge in [0.1, 0.15) is 11.6 Å². The Kier molecular flexibility index (Phi) is 5.76. The standard InChI is InChI=1S/C23H22F4N2O2/c1-21(2,16-10-9-14(24)11-19(16)31-4)13-22(30,23(25,26)27)12-18-20(28-3)15-7-5-6-8-17(15)29-18/h5-11,29-30H,12-13H2,1-2,4H3. The topological polar surface area (TPSA) is 49.6 Å². The molecule has 4 nitrogen and oxygen atoms in total. The Balaban J connectivity index is 2.06. The van der Waals surface area contributed by atoms with Crippen LogP contribution in [-0.2, 0) is 11.8 Å². The molecule has 8 heteroatoms. The zero-order chi connectivity index (χ0) is 23.0. The van der Waals surface area contributed by atoms with Gasteiger partial charge in [-0.05, 0) is 24.0 Å². The number of aliphatic hydroxyl groups is 1. The first kappa shape index (κ1) is 22.6. The lowest BCUT2D eigenvalue weighted by molar-refractivity contribution is -0.266. The first-order chi connectivity index (χ1) is 14.4. The lowest BCUT2D eigenvalue weighted by atomic mass is 9.73. The molecule has 3 rings (SSSR count). The van der Waals surface area contributed by atoms with E-state index in [2.05, 4.69) is 9.83 Å². The lowest BCUT2D eigenvalue weighted by Crippen LogP contribution is -2.51. The first-order valence-corrected chi connectivity index (χ1v) is 9.52. The van der Waals surface area contributed by atoms with Crippen molar-refractivity contribution in [1.29, 1.82) is 0 Å². The summed E-state index contributed by atoms with van der Waals surface area (Å²) < 4.78 is 61.2. The molecule has 0 amide bonds. The average Bonchev–Trinajstić information content (AvgIpc) is 3.02. The van der Waals surface area contributed by atoms with Crippen molar-refractivity contribution in [2.75, 3.05) is 7.11 Å². The van der Waals surface area contributed by atoms with E-state index < -0.39 is 35.9 Å². The van der Waals surface area contributed by atoms with Crippen molar-refractivity contribution in [3.63, 3.8) is 0 Å². The van der Waals surface area contributed by atoms with Crippen LogP contribution in [-0.4, -0.2) is 29.0 Å². The summed E-state index contributed by atoms with van der Waals surface area (Å²) in [6.07, 6.45) is -6.53. The van der Waals surface area contributed by atoms with E-state index in [4.69, 9.17) is 11.3 Å². The number of rotatable bonds is 6. The maximum absolute atomic E-state index is 14.1. The highest BCUT2D eigenvalue weighted by Crippen LogP contribution is 2.46. The third-order valence-corrected chi connectivity index (χ3v) is 5.49. The van der Waals surface area contributed by atoms with E-state index in [1.165, 1.54) is 27.0 Å². The number of hydrogen-bond donors (Lipinski definition) is 2. The van der Waals surface area contributed by atoms with Gasteiger partial charge in [0.25, 0.3) is 0 Å². The van der Waals surface area contributed by atoms with E-state index in [0.717, 1.165) is 12.1 Å². The molecule has 0 spiro atoms. The molecule has 164 valence electrons. The van der Waals surface area contributed by atoms with Gasteiger partial charge in [-0.3, -0.25) is 0 Å². The van der Waals surface area contributed by atoms with Crippen LogP contribution in [0.1, 0.15) is 31.5 Å². The fourth-order valence-electron chi connectivity index (χ4n) is 4.04. The van der Waals surface area contributed by atoms with Gasteiger partial charge in [0.15, 0.2) is 5.60 Å². The second-order valence-corrected chi connectivity index (χ2v) is 8.22. The predicted molar refractivity (Wildman–Crippen MR) is 110 cm³/mol. The monoisotopic (exact) mass is 434 g/mol. The van der Waals surface area contributed by atoms with Gasteiger partial charge >= 0.3 is 6.18 Å². The molecule has 0 aliphatic rings. The molecule has 0 saturated heterocycles. The number of para-hydroxylation sites is 1. The van der Waals surface area contributed by atoms with Crippen LogP contribution in [0.15, 0.2) is 42.5 Å². The van der Waals surface area contributed by atoms with Gasteiger partial charge in [-0.15, -0.1) is 0 Å². The largest absolute Gasteiger partial charge is 0.496 e. The van der Waals surface area contributed by atoms with E-state index in [1.807, 2.05) is 0 Å².